The fourth-order valence-electron chi connectivity index (χ4n) is 7.57. The summed E-state index contributed by atoms with van der Waals surface area (Å²) in [6, 6.07) is 3.42. The number of benzene rings is 2. The largest absolute Gasteiger partial charge is 0.493 e. The van der Waals surface area contributed by atoms with E-state index in [4.69, 9.17) is 35.0 Å². The monoisotopic (exact) mass is 565 g/mol. The number of aryl methyl sites for hydroxylation is 1. The molecule has 4 heterocycles. The summed E-state index contributed by atoms with van der Waals surface area (Å²) in [6.07, 6.45) is 2.93. The zero-order chi connectivity index (χ0) is 29.7. The van der Waals surface area contributed by atoms with Crippen molar-refractivity contribution in [1.29, 1.82) is 6.69 Å². The highest BCUT2D eigenvalue weighted by molar-refractivity contribution is 5.66. The molecule has 0 radical (unpaired) electrons. The molecule has 0 unspecified atom stereocenters. The lowest BCUT2D eigenvalue weighted by Gasteiger charge is -2.59. The van der Waals surface area contributed by atoms with Crippen LogP contribution in [0.1, 0.15) is 45.5 Å². The molecule has 2 aromatic rings. The minimum atomic E-state index is -0.472. The number of methoxy groups -OCH3 is 2. The number of likely N-dealkylation sites (N-methyl/N-ethyl adjacent to an activating group) is 1. The van der Waals surface area contributed by atoms with Crippen LogP contribution in [0.15, 0.2) is 18.7 Å². The SMILES string of the molecule is [3H]OC[C@H]1c2c(c(OCC=C)c(C)c3c2OCO3)C[C@H]2[C@@H]3c4c(cc(C)c(OC)c4OCOC)C[C@H]([C@H](C#N)N12)N3C. The third kappa shape index (κ3) is 3.98. The summed E-state index contributed by atoms with van der Waals surface area (Å²) in [5.74, 6) is 3.31. The Hall–Kier alpha value is -3.49. The number of hydrogen-bond acceptors (Lipinski definition) is 10. The number of ether oxygens (including phenoxy) is 6. The van der Waals surface area contributed by atoms with Gasteiger partial charge in [0.1, 0.15) is 18.4 Å². The van der Waals surface area contributed by atoms with Crippen molar-refractivity contribution < 1.29 is 33.5 Å². The second-order valence-corrected chi connectivity index (χ2v) is 11.0. The molecule has 0 spiro atoms. The number of fused-ring (bicyclic) bond motifs is 9. The van der Waals surface area contributed by atoms with Gasteiger partial charge in [-0.3, -0.25) is 9.80 Å². The minimum Gasteiger partial charge on any atom is -0.493 e. The molecular weight excluding hydrogens is 526 g/mol. The number of aliphatic hydroxyl groups excluding tert-OH is 1. The Morgan fingerprint density at radius 2 is 1.95 bits per heavy atom. The fraction of sp³-hybridized carbons (Fsp3) is 0.516. The number of aliphatic hydroxyl groups is 1. The number of rotatable bonds is 9. The third-order valence-electron chi connectivity index (χ3n) is 9.07. The van der Waals surface area contributed by atoms with E-state index in [0.717, 1.165) is 39.1 Å². The summed E-state index contributed by atoms with van der Waals surface area (Å²) < 4.78 is 43.5. The van der Waals surface area contributed by atoms with Crippen LogP contribution in [0.4, 0.5) is 0 Å². The molecular formula is C31H37N3O7. The highest BCUT2D eigenvalue weighted by atomic mass is 16.7. The molecule has 1 N–H and O–H groups in total. The average molecular weight is 566 g/mol. The first-order chi connectivity index (χ1) is 20.4. The van der Waals surface area contributed by atoms with E-state index in [2.05, 4.69) is 35.6 Å². The van der Waals surface area contributed by atoms with Gasteiger partial charge in [-0.1, -0.05) is 18.7 Å². The fourth-order valence-corrected chi connectivity index (χ4v) is 7.57. The Labute approximate surface area is 242 Å². The van der Waals surface area contributed by atoms with Crippen molar-refractivity contribution in [3.05, 3.63) is 52.1 Å². The zero-order valence-corrected chi connectivity index (χ0v) is 24.2. The van der Waals surface area contributed by atoms with Crippen LogP contribution in [0.25, 0.3) is 0 Å². The number of nitrogens with zero attached hydrogens (tertiary/aromatic N) is 3. The van der Waals surface area contributed by atoms with E-state index in [-0.39, 0.29) is 38.3 Å². The van der Waals surface area contributed by atoms with E-state index < -0.39 is 12.1 Å². The molecule has 10 nitrogen and oxygen atoms in total. The van der Waals surface area contributed by atoms with Crippen molar-refractivity contribution in [1.82, 2.24) is 9.80 Å². The second kappa shape index (κ2) is 10.7. The summed E-state index contributed by atoms with van der Waals surface area (Å²) in [6.45, 7) is 8.34. The van der Waals surface area contributed by atoms with Gasteiger partial charge in [0.15, 0.2) is 29.8 Å². The lowest BCUT2D eigenvalue weighted by atomic mass is 9.71. The summed E-state index contributed by atoms with van der Waals surface area (Å²) in [7, 11) is 5.32. The van der Waals surface area contributed by atoms with E-state index in [1.54, 1.807) is 20.3 Å². The predicted octanol–water partition coefficient (Wildman–Crippen LogP) is 3.35. The van der Waals surface area contributed by atoms with Crippen molar-refractivity contribution in [2.24, 2.45) is 0 Å². The molecule has 0 saturated carbocycles. The lowest BCUT2D eigenvalue weighted by Crippen LogP contribution is -2.68. The maximum Gasteiger partial charge on any atom is 0.231 e. The van der Waals surface area contributed by atoms with Crippen molar-refractivity contribution >= 4 is 0 Å². The molecule has 2 aromatic carbocycles. The van der Waals surface area contributed by atoms with Gasteiger partial charge in [-0.2, -0.15) is 5.26 Å². The van der Waals surface area contributed by atoms with Crippen LogP contribution in [0.2, 0.25) is 0 Å². The lowest BCUT2D eigenvalue weighted by molar-refractivity contribution is -0.0832. The summed E-state index contributed by atoms with van der Waals surface area (Å²) in [5.41, 5.74) is 5.81. The molecule has 1 fully saturated rings. The first-order valence-corrected chi connectivity index (χ1v) is 13.9. The van der Waals surface area contributed by atoms with Gasteiger partial charge in [-0.15, -0.1) is 0 Å². The predicted molar refractivity (Wildman–Crippen MR) is 150 cm³/mol. The Balaban J connectivity index is 1.61. The van der Waals surface area contributed by atoms with Gasteiger partial charge in [0, 0.05) is 41.4 Å². The van der Waals surface area contributed by atoms with Crippen LogP contribution in [-0.4, -0.2) is 82.5 Å². The van der Waals surface area contributed by atoms with Gasteiger partial charge < -0.3 is 33.5 Å². The molecule has 0 amide bonds. The normalized spacial score (nSPS) is 26.2. The summed E-state index contributed by atoms with van der Waals surface area (Å²) in [4.78, 5) is 4.54. The Kier molecular flexibility index (Phi) is 6.91. The molecule has 6 rings (SSSR count). The number of hydrogen-bond donors (Lipinski definition) is 1. The van der Waals surface area contributed by atoms with Gasteiger partial charge in [-0.05, 0) is 44.9 Å². The highest BCUT2D eigenvalue weighted by Crippen LogP contribution is 2.58. The maximum atomic E-state index is 10.7. The molecule has 10 heteroatoms. The molecule has 5 atom stereocenters. The molecule has 4 aliphatic rings. The molecule has 1 saturated heterocycles. The standard InChI is InChI=1S/C31H37N3O7/c1-7-8-38-28-17(3)29-31(41-15-40-29)25-19(28)11-21-26-24-18(9-16(2)27(37-6)30(24)39-14-36-5)10-20(33(26)4)22(12-32)34(21)23(25)13-35/h7,9,20-23,26,35H,1,8,10-11,13-15H2,2-6H3/t20-,21+,22+,23+,26-/m1/s1/i35T. The van der Waals surface area contributed by atoms with Crippen molar-refractivity contribution in [2.75, 3.05) is 48.1 Å². The van der Waals surface area contributed by atoms with Gasteiger partial charge in [0.2, 0.25) is 8.22 Å². The van der Waals surface area contributed by atoms with Crippen LogP contribution in [0, 0.1) is 25.2 Å². The van der Waals surface area contributed by atoms with Crippen LogP contribution >= 0.6 is 0 Å². The van der Waals surface area contributed by atoms with E-state index in [1.807, 2.05) is 13.8 Å². The van der Waals surface area contributed by atoms with Crippen molar-refractivity contribution in [2.45, 2.75) is 56.9 Å². The van der Waals surface area contributed by atoms with Gasteiger partial charge >= 0.3 is 0 Å². The van der Waals surface area contributed by atoms with Crippen LogP contribution < -0.4 is 23.7 Å². The Morgan fingerprint density at radius 3 is 2.66 bits per heavy atom. The van der Waals surface area contributed by atoms with E-state index in [9.17, 15) is 5.26 Å². The molecule has 41 heavy (non-hydrogen) atoms. The third-order valence-corrected chi connectivity index (χ3v) is 9.07. The van der Waals surface area contributed by atoms with Crippen LogP contribution in [0.3, 0.4) is 0 Å². The van der Waals surface area contributed by atoms with E-state index in [1.165, 1.54) is 0 Å². The van der Waals surface area contributed by atoms with Crippen molar-refractivity contribution in [3.8, 4) is 34.8 Å². The Morgan fingerprint density at radius 1 is 1.15 bits per heavy atom. The smallest absolute Gasteiger partial charge is 0.231 e. The first kappa shape index (κ1) is 26.4. The molecule has 4 aliphatic heterocycles. The van der Waals surface area contributed by atoms with Crippen LogP contribution in [-0.2, 0) is 17.6 Å². The summed E-state index contributed by atoms with van der Waals surface area (Å²) in [5, 5.41) is 15.8. The van der Waals surface area contributed by atoms with Gasteiger partial charge in [0.05, 0.1) is 31.9 Å². The quantitative estimate of drug-likeness (QED) is 0.359. The van der Waals surface area contributed by atoms with Gasteiger partial charge in [-0.25, -0.2) is 0 Å². The van der Waals surface area contributed by atoms with Crippen molar-refractivity contribution in [3.63, 3.8) is 0 Å². The second-order valence-electron chi connectivity index (χ2n) is 11.0. The molecule has 218 valence electrons. The topological polar surface area (TPSA) is 106 Å². The van der Waals surface area contributed by atoms with Gasteiger partial charge in [0.25, 0.3) is 0 Å². The number of piperazine rings is 1. The highest BCUT2D eigenvalue weighted by Gasteiger charge is 2.56. The molecule has 2 bridgehead atoms. The average Bonchev–Trinajstić information content (AvgIpc) is 3.47. The first-order valence-electron chi connectivity index (χ1n) is 14.3. The van der Waals surface area contributed by atoms with E-state index in [0.29, 0.717) is 42.4 Å². The summed E-state index contributed by atoms with van der Waals surface area (Å²) >= 11 is 0. The zero-order valence-electron chi connectivity index (χ0n) is 25.2. The maximum absolute atomic E-state index is 10.7. The Bertz CT molecular complexity index is 1440. The molecule has 0 aliphatic carbocycles. The minimum absolute atomic E-state index is 0.0434. The number of nitriles is 1. The van der Waals surface area contributed by atoms with Crippen LogP contribution in [0.5, 0.6) is 28.7 Å². The van der Waals surface area contributed by atoms with E-state index >= 15 is 0 Å². The molecule has 0 aromatic heterocycles.